The number of H-pyrrole nitrogens is 2. The number of nitrogens with one attached hydrogen (secondary N) is 6. The molecule has 2 saturated heterocycles. The lowest BCUT2D eigenvalue weighted by Gasteiger charge is -2.26. The second kappa shape index (κ2) is 22.4. The summed E-state index contributed by atoms with van der Waals surface area (Å²) < 4.78 is 18.7. The van der Waals surface area contributed by atoms with Crippen LogP contribution in [0.1, 0.15) is 68.3 Å². The third kappa shape index (κ3) is 15.3. The first kappa shape index (κ1) is 46.8. The Balaban J connectivity index is 0.000000220. The van der Waals surface area contributed by atoms with Gasteiger partial charge in [0.25, 0.3) is 17.7 Å². The molecule has 328 valence electrons. The van der Waals surface area contributed by atoms with Gasteiger partial charge in [0, 0.05) is 91.2 Å². The average molecular weight is 838 g/mol. The number of nitrogens with zero attached hydrogens (tertiary/aromatic N) is 4. The molecular weight excluding hydrogens is 779 g/mol. The Morgan fingerprint density at radius 3 is 1.75 bits per heavy atom. The first-order valence-electron chi connectivity index (χ1n) is 19.6. The smallest absolute Gasteiger partial charge is 0.412 e. The van der Waals surface area contributed by atoms with Gasteiger partial charge in [-0.3, -0.25) is 29.5 Å². The maximum atomic E-state index is 12.4. The summed E-state index contributed by atoms with van der Waals surface area (Å²) in [6.45, 7) is 17.4. The number of amides is 4. The zero-order chi connectivity index (χ0) is 43.8. The molecule has 6 heterocycles. The third-order valence-corrected chi connectivity index (χ3v) is 8.99. The fourth-order valence-corrected chi connectivity index (χ4v) is 6.00. The molecule has 0 bridgehead atoms. The van der Waals surface area contributed by atoms with Crippen molar-refractivity contribution in [1.82, 2.24) is 34.2 Å². The number of carboxylic acid groups (broad SMARTS) is 1. The standard InChI is InChI=1S/C18H25N5O3.C16H20N4O5.C6H14N2O/c1-13-9-15(20-11-13)17(24)21-14-10-16(22(2)12-14)18(25)19-3-4-23-5-7-26-8-6-23;1-16(2,3)25-15(24)19-9-5-11(17-7-9)13(21)18-10-6-12(14(22)23)20(4)8-10;7-1-2-8-3-5-9-6-4-8/h9-12,20H,3-8H2,1-2H3,(H,19,25)(H,21,24);5-8,17H,1-4H3,(H,18,21)(H,19,24)(H,22,23);1-7H2. The van der Waals surface area contributed by atoms with Gasteiger partial charge < -0.3 is 60.1 Å². The molecule has 60 heavy (non-hydrogen) atoms. The van der Waals surface area contributed by atoms with E-state index < -0.39 is 23.6 Å². The summed E-state index contributed by atoms with van der Waals surface area (Å²) in [6, 6.07) is 6.25. The molecule has 0 unspecified atom stereocenters. The molecule has 20 nitrogen and oxygen atoms in total. The number of morpholine rings is 2. The molecule has 0 aromatic carbocycles. The van der Waals surface area contributed by atoms with Crippen molar-refractivity contribution in [3.8, 4) is 0 Å². The Bertz CT molecular complexity index is 2030. The number of nitrogens with two attached hydrogens (primary N) is 1. The van der Waals surface area contributed by atoms with Gasteiger partial charge in [0.15, 0.2) is 0 Å². The van der Waals surface area contributed by atoms with Crippen molar-refractivity contribution in [1.29, 1.82) is 0 Å². The number of carboxylic acids is 1. The molecule has 4 aromatic heterocycles. The van der Waals surface area contributed by atoms with Crippen molar-refractivity contribution in [2.75, 3.05) is 94.7 Å². The Kier molecular flexibility index (Phi) is 17.5. The van der Waals surface area contributed by atoms with Gasteiger partial charge in [0.2, 0.25) is 0 Å². The molecule has 6 rings (SSSR count). The Hall–Kier alpha value is -5.93. The number of hydrogen-bond acceptors (Lipinski definition) is 11. The molecule has 2 aliphatic heterocycles. The minimum absolute atomic E-state index is 0.0501. The molecule has 0 saturated carbocycles. The molecule has 2 fully saturated rings. The number of anilines is 3. The van der Waals surface area contributed by atoms with Crippen molar-refractivity contribution in [2.45, 2.75) is 33.3 Å². The average Bonchev–Trinajstić information content (AvgIpc) is 4.00. The molecule has 4 aromatic rings. The largest absolute Gasteiger partial charge is 0.477 e. The minimum Gasteiger partial charge on any atom is -0.477 e. The molecule has 0 radical (unpaired) electrons. The van der Waals surface area contributed by atoms with Gasteiger partial charge in [0.05, 0.1) is 43.5 Å². The summed E-state index contributed by atoms with van der Waals surface area (Å²) in [5.74, 6) is -1.95. The molecule has 9 N–H and O–H groups in total. The fourth-order valence-electron chi connectivity index (χ4n) is 6.00. The lowest BCUT2D eigenvalue weighted by atomic mass is 10.2. The van der Waals surface area contributed by atoms with Gasteiger partial charge in [-0.15, -0.1) is 0 Å². The summed E-state index contributed by atoms with van der Waals surface area (Å²) in [5, 5.41) is 19.8. The van der Waals surface area contributed by atoms with E-state index in [0.717, 1.165) is 77.8 Å². The second-order valence-electron chi connectivity index (χ2n) is 15.1. The molecule has 0 atom stereocenters. The fraction of sp³-hybridized carbons (Fsp3) is 0.475. The normalized spacial score (nSPS) is 14.4. The number of aromatic amines is 2. The Morgan fingerprint density at radius 1 is 0.733 bits per heavy atom. The van der Waals surface area contributed by atoms with Crippen LogP contribution in [0.2, 0.25) is 0 Å². The number of ether oxygens (including phenoxy) is 3. The van der Waals surface area contributed by atoms with Crippen LogP contribution in [0.3, 0.4) is 0 Å². The van der Waals surface area contributed by atoms with Crippen LogP contribution in [-0.2, 0) is 28.3 Å². The number of carbonyl (C=O) groups excluding carboxylic acids is 4. The van der Waals surface area contributed by atoms with Gasteiger partial charge in [-0.05, 0) is 57.5 Å². The lowest BCUT2D eigenvalue weighted by Crippen LogP contribution is -2.41. The topological polar surface area (TPSA) is 255 Å². The summed E-state index contributed by atoms with van der Waals surface area (Å²) in [4.78, 5) is 69.7. The zero-order valence-electron chi connectivity index (χ0n) is 35.2. The van der Waals surface area contributed by atoms with Crippen LogP contribution in [0, 0.1) is 6.92 Å². The summed E-state index contributed by atoms with van der Waals surface area (Å²) in [5.41, 5.74) is 8.29. The molecule has 0 aliphatic carbocycles. The van der Waals surface area contributed by atoms with E-state index in [-0.39, 0.29) is 23.2 Å². The summed E-state index contributed by atoms with van der Waals surface area (Å²) in [7, 11) is 3.35. The van der Waals surface area contributed by atoms with Gasteiger partial charge in [-0.25, -0.2) is 9.59 Å². The van der Waals surface area contributed by atoms with E-state index >= 15 is 0 Å². The highest BCUT2D eigenvalue weighted by molar-refractivity contribution is 6.05. The SMILES string of the molecule is Cc1c[nH]c(C(=O)Nc2cc(C(=O)NCCN3CCOCC3)n(C)c2)c1.Cn1cc(NC(=O)c2cc(NC(=O)OC(C)(C)C)c[nH]2)cc1C(=O)O.NCCN1CCOCC1. The quantitative estimate of drug-likeness (QED) is 0.103. The van der Waals surface area contributed by atoms with E-state index in [2.05, 4.69) is 41.0 Å². The molecule has 4 amide bonds. The number of rotatable bonds is 12. The van der Waals surface area contributed by atoms with E-state index in [1.807, 2.05) is 6.92 Å². The number of aromatic carboxylic acids is 1. The van der Waals surface area contributed by atoms with Crippen LogP contribution in [-0.4, -0.2) is 148 Å². The van der Waals surface area contributed by atoms with Crippen molar-refractivity contribution in [3.63, 3.8) is 0 Å². The van der Waals surface area contributed by atoms with Crippen LogP contribution in [0.25, 0.3) is 0 Å². The highest BCUT2D eigenvalue weighted by Gasteiger charge is 2.19. The van der Waals surface area contributed by atoms with Crippen LogP contribution < -0.4 is 27.0 Å². The summed E-state index contributed by atoms with van der Waals surface area (Å²) in [6.07, 6.45) is 5.81. The predicted octanol–water partition coefficient (Wildman–Crippen LogP) is 2.90. The Labute approximate surface area is 349 Å². The maximum absolute atomic E-state index is 12.4. The van der Waals surface area contributed by atoms with E-state index in [1.54, 1.807) is 64.0 Å². The monoisotopic (exact) mass is 837 g/mol. The zero-order valence-corrected chi connectivity index (χ0v) is 35.2. The van der Waals surface area contributed by atoms with Gasteiger partial charge in [0.1, 0.15) is 28.4 Å². The first-order valence-corrected chi connectivity index (χ1v) is 19.6. The van der Waals surface area contributed by atoms with Crippen LogP contribution in [0.5, 0.6) is 0 Å². The molecular formula is C40H59N11O9. The number of carbonyl (C=O) groups is 5. The highest BCUT2D eigenvalue weighted by atomic mass is 16.6. The number of aromatic nitrogens is 4. The van der Waals surface area contributed by atoms with Gasteiger partial charge >= 0.3 is 12.1 Å². The maximum Gasteiger partial charge on any atom is 0.412 e. The van der Waals surface area contributed by atoms with Crippen molar-refractivity contribution in [2.24, 2.45) is 19.8 Å². The third-order valence-electron chi connectivity index (χ3n) is 8.99. The minimum atomic E-state index is -1.09. The van der Waals surface area contributed by atoms with Crippen LogP contribution >= 0.6 is 0 Å². The molecule has 20 heteroatoms. The van der Waals surface area contributed by atoms with Crippen molar-refractivity contribution >= 4 is 46.8 Å². The van der Waals surface area contributed by atoms with E-state index in [4.69, 9.17) is 25.1 Å². The van der Waals surface area contributed by atoms with Crippen LogP contribution in [0.15, 0.2) is 49.1 Å². The van der Waals surface area contributed by atoms with Gasteiger partial charge in [-0.2, -0.15) is 0 Å². The first-order chi connectivity index (χ1) is 28.5. The van der Waals surface area contributed by atoms with E-state index in [1.165, 1.54) is 29.1 Å². The Morgan fingerprint density at radius 2 is 1.25 bits per heavy atom. The van der Waals surface area contributed by atoms with E-state index in [9.17, 15) is 24.0 Å². The summed E-state index contributed by atoms with van der Waals surface area (Å²) >= 11 is 0. The van der Waals surface area contributed by atoms with Crippen molar-refractivity contribution < 1.29 is 43.3 Å². The number of hydrogen-bond donors (Lipinski definition) is 8. The predicted molar refractivity (Wildman–Crippen MR) is 226 cm³/mol. The second-order valence-corrected chi connectivity index (χ2v) is 15.1. The van der Waals surface area contributed by atoms with Crippen LogP contribution in [0.4, 0.5) is 21.9 Å². The number of aryl methyl sites for hydroxylation is 3. The highest BCUT2D eigenvalue weighted by Crippen LogP contribution is 2.18. The lowest BCUT2D eigenvalue weighted by molar-refractivity contribution is 0.0383. The van der Waals surface area contributed by atoms with E-state index in [0.29, 0.717) is 35.0 Å². The van der Waals surface area contributed by atoms with Crippen molar-refractivity contribution in [3.05, 3.63) is 77.4 Å². The van der Waals surface area contributed by atoms with Gasteiger partial charge in [-0.1, -0.05) is 0 Å². The molecule has 0 spiro atoms. The molecule has 2 aliphatic rings.